The molecule has 1 aromatic heterocycles. The van der Waals surface area contributed by atoms with Gasteiger partial charge in [0.05, 0.1) is 5.69 Å². The molecule has 0 saturated carbocycles. The fourth-order valence-corrected chi connectivity index (χ4v) is 2.77. The number of aryl methyl sites for hydroxylation is 1. The molecule has 100 valence electrons. The number of nitrogens with one attached hydrogen (secondary N) is 1. The lowest BCUT2D eigenvalue weighted by Gasteiger charge is -2.06. The van der Waals surface area contributed by atoms with Crippen LogP contribution in [0.1, 0.15) is 20.9 Å². The molecule has 3 N–H and O–H groups in total. The minimum Gasteiger partial charge on any atom is -0.375 e. The van der Waals surface area contributed by atoms with Crippen molar-refractivity contribution in [1.82, 2.24) is 10.3 Å². The molecule has 0 saturated heterocycles. The highest BCUT2D eigenvalue weighted by molar-refractivity contribution is 7.17. The lowest BCUT2D eigenvalue weighted by molar-refractivity contribution is 0.0954. The van der Waals surface area contributed by atoms with E-state index in [0.29, 0.717) is 32.3 Å². The third-order valence-corrected chi connectivity index (χ3v) is 4.05. The zero-order valence-electron chi connectivity index (χ0n) is 10.0. The number of thiazole rings is 1. The fourth-order valence-electron chi connectivity index (χ4n) is 1.55. The number of nitrogen functional groups attached to an aromatic ring is 1. The van der Waals surface area contributed by atoms with E-state index in [2.05, 4.69) is 10.3 Å². The van der Waals surface area contributed by atoms with Crippen LogP contribution in [0.2, 0.25) is 10.0 Å². The SMILES string of the molecule is Cc1nc(N)sc1C(=O)NCc1ccc(Cl)cc1Cl. The van der Waals surface area contributed by atoms with Gasteiger partial charge in [-0.25, -0.2) is 4.98 Å². The van der Waals surface area contributed by atoms with Gasteiger partial charge in [0, 0.05) is 16.6 Å². The van der Waals surface area contributed by atoms with Crippen LogP contribution in [0.15, 0.2) is 18.2 Å². The minimum absolute atomic E-state index is 0.210. The predicted octanol–water partition coefficient (Wildman–Crippen LogP) is 3.27. The maximum atomic E-state index is 12.0. The normalized spacial score (nSPS) is 10.5. The largest absolute Gasteiger partial charge is 0.375 e. The van der Waals surface area contributed by atoms with Crippen molar-refractivity contribution in [1.29, 1.82) is 0 Å². The molecule has 0 aliphatic heterocycles. The van der Waals surface area contributed by atoms with Crippen LogP contribution in [0.4, 0.5) is 5.13 Å². The molecular formula is C12H11Cl2N3OS. The highest BCUT2D eigenvalue weighted by atomic mass is 35.5. The first-order valence-electron chi connectivity index (χ1n) is 5.42. The van der Waals surface area contributed by atoms with Crippen LogP contribution in [-0.2, 0) is 6.54 Å². The average Bonchev–Trinajstić information content (AvgIpc) is 2.67. The number of hydrogen-bond donors (Lipinski definition) is 2. The maximum Gasteiger partial charge on any atom is 0.263 e. The predicted molar refractivity (Wildman–Crippen MR) is 78.9 cm³/mol. The van der Waals surface area contributed by atoms with Crippen molar-refractivity contribution in [2.75, 3.05) is 5.73 Å². The van der Waals surface area contributed by atoms with Gasteiger partial charge in [0.15, 0.2) is 5.13 Å². The lowest BCUT2D eigenvalue weighted by Crippen LogP contribution is -2.22. The van der Waals surface area contributed by atoms with Crippen molar-refractivity contribution in [3.8, 4) is 0 Å². The van der Waals surface area contributed by atoms with Gasteiger partial charge in [0.25, 0.3) is 5.91 Å². The molecule has 0 radical (unpaired) electrons. The van der Waals surface area contributed by atoms with E-state index in [9.17, 15) is 4.79 Å². The Labute approximate surface area is 124 Å². The Morgan fingerprint density at radius 1 is 1.47 bits per heavy atom. The van der Waals surface area contributed by atoms with Crippen molar-refractivity contribution >= 4 is 45.6 Å². The Morgan fingerprint density at radius 2 is 2.21 bits per heavy atom. The topological polar surface area (TPSA) is 68.0 Å². The summed E-state index contributed by atoms with van der Waals surface area (Å²) < 4.78 is 0. The summed E-state index contributed by atoms with van der Waals surface area (Å²) in [5.41, 5.74) is 6.98. The maximum absolute atomic E-state index is 12.0. The molecule has 1 amide bonds. The lowest BCUT2D eigenvalue weighted by atomic mass is 10.2. The van der Waals surface area contributed by atoms with Gasteiger partial charge in [0.2, 0.25) is 0 Å². The number of hydrogen-bond acceptors (Lipinski definition) is 4. The summed E-state index contributed by atoms with van der Waals surface area (Å²) in [5, 5.41) is 4.24. The first-order valence-corrected chi connectivity index (χ1v) is 6.99. The number of halogens is 2. The number of amides is 1. The molecule has 2 aromatic rings. The summed E-state index contributed by atoms with van der Waals surface area (Å²) in [6.45, 7) is 2.07. The second-order valence-electron chi connectivity index (χ2n) is 3.89. The van der Waals surface area contributed by atoms with Crippen LogP contribution in [0, 0.1) is 6.92 Å². The van der Waals surface area contributed by atoms with E-state index < -0.39 is 0 Å². The summed E-state index contributed by atoms with van der Waals surface area (Å²) in [6, 6.07) is 5.14. The molecule has 0 aliphatic carbocycles. The van der Waals surface area contributed by atoms with E-state index in [0.717, 1.165) is 16.9 Å². The van der Waals surface area contributed by atoms with E-state index >= 15 is 0 Å². The molecule has 0 fully saturated rings. The van der Waals surface area contributed by atoms with E-state index in [1.807, 2.05) is 0 Å². The van der Waals surface area contributed by atoms with Crippen LogP contribution >= 0.6 is 34.5 Å². The zero-order chi connectivity index (χ0) is 14.0. The number of anilines is 1. The molecule has 0 bridgehead atoms. The van der Waals surface area contributed by atoms with Crippen molar-refractivity contribution in [3.05, 3.63) is 44.4 Å². The van der Waals surface area contributed by atoms with Gasteiger partial charge in [0.1, 0.15) is 4.88 Å². The van der Waals surface area contributed by atoms with E-state index in [1.165, 1.54) is 0 Å². The highest BCUT2D eigenvalue weighted by Crippen LogP contribution is 2.22. The molecule has 4 nitrogen and oxygen atoms in total. The van der Waals surface area contributed by atoms with E-state index in [1.54, 1.807) is 25.1 Å². The molecule has 0 aliphatic rings. The summed E-state index contributed by atoms with van der Waals surface area (Å²) in [6.07, 6.45) is 0. The van der Waals surface area contributed by atoms with Crippen molar-refractivity contribution < 1.29 is 4.79 Å². The Balaban J connectivity index is 2.06. The molecule has 1 aromatic carbocycles. The fraction of sp³-hybridized carbons (Fsp3) is 0.167. The van der Waals surface area contributed by atoms with Gasteiger partial charge in [-0.2, -0.15) is 0 Å². The van der Waals surface area contributed by atoms with Crippen LogP contribution in [-0.4, -0.2) is 10.9 Å². The highest BCUT2D eigenvalue weighted by Gasteiger charge is 2.14. The quantitative estimate of drug-likeness (QED) is 0.913. The number of rotatable bonds is 3. The van der Waals surface area contributed by atoms with E-state index in [4.69, 9.17) is 28.9 Å². The molecule has 0 atom stereocenters. The number of nitrogens with zero attached hydrogens (tertiary/aromatic N) is 1. The van der Waals surface area contributed by atoms with Crippen LogP contribution in [0.3, 0.4) is 0 Å². The Hall–Kier alpha value is -1.30. The monoisotopic (exact) mass is 315 g/mol. The van der Waals surface area contributed by atoms with Crippen molar-refractivity contribution in [3.63, 3.8) is 0 Å². The zero-order valence-corrected chi connectivity index (χ0v) is 12.4. The molecule has 19 heavy (non-hydrogen) atoms. The van der Waals surface area contributed by atoms with Gasteiger partial charge in [-0.3, -0.25) is 4.79 Å². The average molecular weight is 316 g/mol. The molecular weight excluding hydrogens is 305 g/mol. The number of benzene rings is 1. The molecule has 1 heterocycles. The first-order chi connectivity index (χ1) is 8.97. The molecule has 0 spiro atoms. The van der Waals surface area contributed by atoms with Gasteiger partial charge in [-0.1, -0.05) is 40.6 Å². The first kappa shape index (κ1) is 14.1. The third-order valence-electron chi connectivity index (χ3n) is 2.47. The number of carbonyl (C=O) groups excluding carboxylic acids is 1. The number of aromatic nitrogens is 1. The van der Waals surface area contributed by atoms with Crippen LogP contribution in [0.25, 0.3) is 0 Å². The summed E-state index contributed by atoms with van der Waals surface area (Å²) in [5.74, 6) is -0.210. The molecule has 0 unspecified atom stereocenters. The Bertz CT molecular complexity index is 627. The minimum atomic E-state index is -0.210. The Morgan fingerprint density at radius 3 is 2.79 bits per heavy atom. The van der Waals surface area contributed by atoms with Crippen LogP contribution in [0.5, 0.6) is 0 Å². The molecule has 7 heteroatoms. The van der Waals surface area contributed by atoms with Crippen molar-refractivity contribution in [2.45, 2.75) is 13.5 Å². The Kier molecular flexibility index (Phi) is 4.29. The van der Waals surface area contributed by atoms with Gasteiger partial charge in [-0.05, 0) is 24.6 Å². The second kappa shape index (κ2) is 5.77. The standard InChI is InChI=1S/C12H11Cl2N3OS/c1-6-10(19-12(15)17-6)11(18)16-5-7-2-3-8(13)4-9(7)14/h2-4H,5H2,1H3,(H2,15,17)(H,16,18). The van der Waals surface area contributed by atoms with E-state index in [-0.39, 0.29) is 5.91 Å². The molecule has 2 rings (SSSR count). The van der Waals surface area contributed by atoms with Gasteiger partial charge >= 0.3 is 0 Å². The summed E-state index contributed by atoms with van der Waals surface area (Å²) in [4.78, 5) is 16.5. The number of carbonyl (C=O) groups is 1. The second-order valence-corrected chi connectivity index (χ2v) is 5.76. The smallest absolute Gasteiger partial charge is 0.263 e. The summed E-state index contributed by atoms with van der Waals surface area (Å²) >= 11 is 13.0. The van der Waals surface area contributed by atoms with Gasteiger partial charge in [-0.15, -0.1) is 0 Å². The third kappa shape index (κ3) is 3.37. The van der Waals surface area contributed by atoms with Gasteiger partial charge < -0.3 is 11.1 Å². The van der Waals surface area contributed by atoms with Crippen molar-refractivity contribution in [2.24, 2.45) is 0 Å². The van der Waals surface area contributed by atoms with Crippen LogP contribution < -0.4 is 11.1 Å². The number of nitrogens with two attached hydrogens (primary N) is 1. The summed E-state index contributed by atoms with van der Waals surface area (Å²) in [7, 11) is 0.